The topological polar surface area (TPSA) is 98.1 Å². The first-order valence-corrected chi connectivity index (χ1v) is 12.0. The number of halogens is 2. The summed E-state index contributed by atoms with van der Waals surface area (Å²) in [5, 5.41) is 10.2. The Balaban J connectivity index is 0.000000266. The van der Waals surface area contributed by atoms with Crippen LogP contribution in [0, 0.1) is 5.82 Å². The third-order valence-corrected chi connectivity index (χ3v) is 5.68. The predicted octanol–water partition coefficient (Wildman–Crippen LogP) is 5.95. The molecule has 0 fully saturated rings. The summed E-state index contributed by atoms with van der Waals surface area (Å²) in [6.07, 6.45) is 6.19. The monoisotopic (exact) mass is 525 g/mol. The zero-order valence-corrected chi connectivity index (χ0v) is 22.1. The van der Waals surface area contributed by atoms with Gasteiger partial charge in [0.05, 0.1) is 28.0 Å². The summed E-state index contributed by atoms with van der Waals surface area (Å²) in [5.74, 6) is 0.0786. The summed E-state index contributed by atoms with van der Waals surface area (Å²) in [4.78, 5) is 26.2. The van der Waals surface area contributed by atoms with Gasteiger partial charge in [-0.25, -0.2) is 4.39 Å². The van der Waals surface area contributed by atoms with Crippen LogP contribution in [0.4, 0.5) is 10.1 Å². The maximum atomic E-state index is 14.1. The fourth-order valence-corrected chi connectivity index (χ4v) is 3.59. The van der Waals surface area contributed by atoms with Crippen molar-refractivity contribution in [1.82, 2.24) is 20.1 Å². The van der Waals surface area contributed by atoms with Gasteiger partial charge >= 0.3 is 0 Å². The molecule has 0 spiro atoms. The minimum Gasteiger partial charge on any atom is -0.455 e. The molecule has 0 unspecified atom stereocenters. The van der Waals surface area contributed by atoms with Gasteiger partial charge in [-0.1, -0.05) is 18.5 Å². The van der Waals surface area contributed by atoms with E-state index in [1.54, 1.807) is 60.7 Å². The SMILES string of the molecule is CC(C)(C)n1cc(NC=O)cn1.CCc1cc(Cl)c(Oc2ccnc3ccc(C(=O)NC)cc23)cc1F. The number of anilines is 1. The van der Waals surface area contributed by atoms with Crippen molar-refractivity contribution in [2.75, 3.05) is 12.4 Å². The number of aryl methyl sites for hydroxylation is 1. The molecule has 0 saturated carbocycles. The molecule has 4 aromatic rings. The lowest BCUT2D eigenvalue weighted by molar-refractivity contribution is -0.105. The van der Waals surface area contributed by atoms with E-state index in [9.17, 15) is 14.0 Å². The Hall–Kier alpha value is -3.98. The summed E-state index contributed by atoms with van der Waals surface area (Å²) in [5.41, 5.74) is 2.35. The Bertz CT molecular complexity index is 1420. The lowest BCUT2D eigenvalue weighted by atomic mass is 10.1. The van der Waals surface area contributed by atoms with Crippen molar-refractivity contribution in [2.45, 2.75) is 39.7 Å². The van der Waals surface area contributed by atoms with E-state index in [0.717, 1.165) is 5.69 Å². The second-order valence-electron chi connectivity index (χ2n) is 9.06. The molecular weight excluding hydrogens is 497 g/mol. The van der Waals surface area contributed by atoms with Gasteiger partial charge in [-0.3, -0.25) is 19.3 Å². The molecule has 0 aliphatic heterocycles. The average molecular weight is 526 g/mol. The molecule has 8 nitrogen and oxygen atoms in total. The minimum absolute atomic E-state index is 0.0389. The van der Waals surface area contributed by atoms with Gasteiger partial charge in [0.2, 0.25) is 6.41 Å². The van der Waals surface area contributed by atoms with Crippen LogP contribution in [0.3, 0.4) is 0 Å². The van der Waals surface area contributed by atoms with Gasteiger partial charge in [-0.05, 0) is 63.1 Å². The van der Waals surface area contributed by atoms with Gasteiger partial charge in [0, 0.05) is 36.5 Å². The maximum Gasteiger partial charge on any atom is 0.251 e. The summed E-state index contributed by atoms with van der Waals surface area (Å²) in [7, 11) is 1.56. The number of benzene rings is 2. The Morgan fingerprint density at radius 3 is 2.57 bits per heavy atom. The highest BCUT2D eigenvalue weighted by Gasteiger charge is 2.14. The van der Waals surface area contributed by atoms with Gasteiger partial charge in [0.25, 0.3) is 5.91 Å². The second-order valence-corrected chi connectivity index (χ2v) is 9.46. The summed E-state index contributed by atoms with van der Waals surface area (Å²) in [6.45, 7) is 7.99. The van der Waals surface area contributed by atoms with E-state index in [4.69, 9.17) is 16.3 Å². The number of pyridine rings is 1. The molecule has 0 atom stereocenters. The van der Waals surface area contributed by atoms with E-state index < -0.39 is 0 Å². The van der Waals surface area contributed by atoms with Crippen LogP contribution < -0.4 is 15.4 Å². The number of carbonyl (C=O) groups is 2. The number of nitrogens with zero attached hydrogens (tertiary/aromatic N) is 3. The molecule has 2 aromatic carbocycles. The number of nitrogens with one attached hydrogen (secondary N) is 2. The first-order valence-electron chi connectivity index (χ1n) is 11.6. The number of amides is 2. The average Bonchev–Trinajstić information content (AvgIpc) is 3.35. The Labute approximate surface area is 219 Å². The number of aromatic nitrogens is 3. The molecule has 0 radical (unpaired) electrons. The third kappa shape index (κ3) is 6.83. The molecule has 37 heavy (non-hydrogen) atoms. The van der Waals surface area contributed by atoms with E-state index >= 15 is 0 Å². The van der Waals surface area contributed by atoms with Gasteiger partial charge in [-0.15, -0.1) is 0 Å². The van der Waals surface area contributed by atoms with Crippen molar-refractivity contribution >= 4 is 40.5 Å². The maximum absolute atomic E-state index is 14.1. The molecule has 2 heterocycles. The van der Waals surface area contributed by atoms with Crippen LogP contribution in [0.1, 0.15) is 43.6 Å². The highest BCUT2D eigenvalue weighted by molar-refractivity contribution is 6.32. The lowest BCUT2D eigenvalue weighted by Gasteiger charge is -2.18. The van der Waals surface area contributed by atoms with E-state index in [2.05, 4.69) is 20.7 Å². The summed E-state index contributed by atoms with van der Waals surface area (Å²) >= 11 is 6.21. The number of rotatable bonds is 6. The minimum atomic E-state index is -0.369. The molecular formula is C27H29ClFN5O3. The zero-order chi connectivity index (χ0) is 27.2. The summed E-state index contributed by atoms with van der Waals surface area (Å²) in [6, 6.07) is 9.58. The van der Waals surface area contributed by atoms with E-state index in [0.29, 0.717) is 45.6 Å². The van der Waals surface area contributed by atoms with Crippen molar-refractivity contribution in [3.63, 3.8) is 0 Å². The lowest BCUT2D eigenvalue weighted by Crippen LogP contribution is -2.21. The molecule has 2 aromatic heterocycles. The Morgan fingerprint density at radius 2 is 1.95 bits per heavy atom. The number of carbonyl (C=O) groups excluding carboxylic acids is 2. The third-order valence-electron chi connectivity index (χ3n) is 5.39. The molecule has 10 heteroatoms. The molecule has 0 bridgehead atoms. The highest BCUT2D eigenvalue weighted by Crippen LogP contribution is 2.35. The molecule has 2 amide bonds. The van der Waals surface area contributed by atoms with Gasteiger partial charge in [-0.2, -0.15) is 5.10 Å². The Morgan fingerprint density at radius 1 is 1.19 bits per heavy atom. The molecule has 194 valence electrons. The van der Waals surface area contributed by atoms with Crippen LogP contribution in [0.15, 0.2) is 55.0 Å². The molecule has 0 saturated heterocycles. The van der Waals surface area contributed by atoms with E-state index in [-0.39, 0.29) is 23.0 Å². The van der Waals surface area contributed by atoms with Crippen LogP contribution in [0.25, 0.3) is 10.9 Å². The molecule has 0 aliphatic rings. The van der Waals surface area contributed by atoms with Crippen molar-refractivity contribution in [1.29, 1.82) is 0 Å². The molecule has 0 aliphatic carbocycles. The number of fused-ring (bicyclic) bond motifs is 1. The smallest absolute Gasteiger partial charge is 0.251 e. The standard InChI is InChI=1S/C19H16ClFN2O2.C8H13N3O/c1-3-11-9-14(20)18(10-15(11)21)25-17-6-7-23-16-5-4-12(8-13(16)17)19(24)22-2;1-8(2,3)11-5-7(4-10-11)9-6-12/h4-10H,3H2,1-2H3,(H,22,24);4-6H,1-3H3,(H,9,12). The normalized spacial score (nSPS) is 10.9. The molecule has 4 rings (SSSR count). The van der Waals surface area contributed by atoms with Crippen LogP contribution >= 0.6 is 11.6 Å². The zero-order valence-electron chi connectivity index (χ0n) is 21.3. The quantitative estimate of drug-likeness (QED) is 0.303. The van der Waals surface area contributed by atoms with Crippen molar-refractivity contribution in [3.8, 4) is 11.5 Å². The second kappa shape index (κ2) is 11.8. The first-order chi connectivity index (χ1) is 17.6. The fourth-order valence-electron chi connectivity index (χ4n) is 3.37. The van der Waals surface area contributed by atoms with Crippen LogP contribution in [-0.2, 0) is 16.8 Å². The molecule has 2 N–H and O–H groups in total. The number of hydrogen-bond acceptors (Lipinski definition) is 5. The highest BCUT2D eigenvalue weighted by atomic mass is 35.5. The largest absolute Gasteiger partial charge is 0.455 e. The van der Waals surface area contributed by atoms with Crippen molar-refractivity contribution in [2.24, 2.45) is 0 Å². The number of ether oxygens (including phenoxy) is 1. The van der Waals surface area contributed by atoms with Crippen LogP contribution in [-0.4, -0.2) is 34.1 Å². The number of hydrogen-bond donors (Lipinski definition) is 2. The van der Waals surface area contributed by atoms with Crippen molar-refractivity contribution < 1.29 is 18.7 Å². The predicted molar refractivity (Wildman–Crippen MR) is 143 cm³/mol. The van der Waals surface area contributed by atoms with Gasteiger partial charge in [0.15, 0.2) is 0 Å². The fraction of sp³-hybridized carbons (Fsp3) is 0.259. The van der Waals surface area contributed by atoms with Crippen LogP contribution in [0.5, 0.6) is 11.5 Å². The first kappa shape index (κ1) is 27.6. The Kier molecular flexibility index (Phi) is 8.83. The van der Waals surface area contributed by atoms with Gasteiger partial charge in [0.1, 0.15) is 17.3 Å². The van der Waals surface area contributed by atoms with Gasteiger partial charge < -0.3 is 15.4 Å². The summed E-state index contributed by atoms with van der Waals surface area (Å²) < 4.78 is 21.7. The van der Waals surface area contributed by atoms with E-state index in [1.165, 1.54) is 6.07 Å². The van der Waals surface area contributed by atoms with E-state index in [1.807, 2.05) is 27.7 Å². The van der Waals surface area contributed by atoms with Crippen LogP contribution in [0.2, 0.25) is 5.02 Å². The van der Waals surface area contributed by atoms with Crippen molar-refractivity contribution in [3.05, 3.63) is 77.0 Å².